The van der Waals surface area contributed by atoms with Gasteiger partial charge in [0, 0.05) is 17.4 Å². The van der Waals surface area contributed by atoms with E-state index in [4.69, 9.17) is 9.47 Å². The molecule has 9 heteroatoms. The topological polar surface area (TPSA) is 96.4 Å². The summed E-state index contributed by atoms with van der Waals surface area (Å²) in [6.07, 6.45) is 3.78. The van der Waals surface area contributed by atoms with E-state index in [0.717, 1.165) is 12.8 Å². The second-order valence-electron chi connectivity index (χ2n) is 9.32. The van der Waals surface area contributed by atoms with Gasteiger partial charge in [0.1, 0.15) is 11.6 Å². The Morgan fingerprint density at radius 1 is 1.42 bits per heavy atom. The fourth-order valence-corrected chi connectivity index (χ4v) is 6.96. The first-order chi connectivity index (χ1) is 15.7. The van der Waals surface area contributed by atoms with E-state index in [9.17, 15) is 19.5 Å². The summed E-state index contributed by atoms with van der Waals surface area (Å²) < 4.78 is 11.8. The fourth-order valence-electron chi connectivity index (χ4n) is 6.02. The number of aliphatic hydroxyl groups excluding tert-OH is 1. The molecule has 8 nitrogen and oxygen atoms in total. The number of ether oxygens (including phenoxy) is 2. The van der Waals surface area contributed by atoms with Gasteiger partial charge in [0.25, 0.3) is 0 Å². The van der Waals surface area contributed by atoms with Crippen LogP contribution in [-0.2, 0) is 23.9 Å². The number of amides is 2. The Morgan fingerprint density at radius 3 is 2.67 bits per heavy atom. The standard InChI is InChI=1S/C24H37BrN2O6/c1-6-10-14(5)26(11-7-2)22(30)20-24-12-16(25)19(33-24)17(23(31)32-9-4)18(24)21(29)27(20)15(8-3)13-28/h7,14-20,28H,2,6,8-13H2,1,3-5H3/t14?,15-,16?,17-,18+,19-,20-,24+/m0/s1. The number of carbonyl (C=O) groups excluding carboxylic acids is 3. The zero-order valence-corrected chi connectivity index (χ0v) is 21.6. The van der Waals surface area contributed by atoms with Crippen LogP contribution >= 0.6 is 15.9 Å². The second kappa shape index (κ2) is 10.4. The molecule has 0 radical (unpaired) electrons. The molecule has 2 unspecified atom stereocenters. The molecule has 3 fully saturated rings. The molecule has 0 aliphatic carbocycles. The van der Waals surface area contributed by atoms with Gasteiger partial charge in [0.2, 0.25) is 11.8 Å². The normalized spacial score (nSPS) is 34.2. The van der Waals surface area contributed by atoms with Crippen LogP contribution in [0.15, 0.2) is 12.7 Å². The van der Waals surface area contributed by atoms with Gasteiger partial charge < -0.3 is 24.4 Å². The van der Waals surface area contributed by atoms with Gasteiger partial charge in [-0.15, -0.1) is 6.58 Å². The third-order valence-electron chi connectivity index (χ3n) is 7.44. The Hall–Kier alpha value is -1.45. The minimum absolute atomic E-state index is 0.0543. The molecule has 3 saturated heterocycles. The van der Waals surface area contributed by atoms with Crippen molar-refractivity contribution in [2.45, 2.75) is 88.0 Å². The van der Waals surface area contributed by atoms with Gasteiger partial charge in [0.15, 0.2) is 0 Å². The number of esters is 1. The van der Waals surface area contributed by atoms with E-state index in [-0.39, 0.29) is 35.9 Å². The lowest BCUT2D eigenvalue weighted by Crippen LogP contribution is -2.60. The molecule has 8 atom stereocenters. The zero-order chi connectivity index (χ0) is 24.5. The van der Waals surface area contributed by atoms with Crippen molar-refractivity contribution >= 4 is 33.7 Å². The van der Waals surface area contributed by atoms with Crippen molar-refractivity contribution in [3.05, 3.63) is 12.7 Å². The summed E-state index contributed by atoms with van der Waals surface area (Å²) in [7, 11) is 0. The predicted molar refractivity (Wildman–Crippen MR) is 127 cm³/mol. The van der Waals surface area contributed by atoms with E-state index in [1.165, 1.54) is 4.90 Å². The van der Waals surface area contributed by atoms with Crippen LogP contribution in [0, 0.1) is 11.8 Å². The number of hydrogen-bond acceptors (Lipinski definition) is 6. The highest BCUT2D eigenvalue weighted by molar-refractivity contribution is 9.09. The molecule has 3 rings (SSSR count). The molecule has 3 aliphatic rings. The Labute approximate surface area is 204 Å². The van der Waals surface area contributed by atoms with E-state index >= 15 is 0 Å². The van der Waals surface area contributed by atoms with Crippen LogP contribution in [0.1, 0.15) is 53.4 Å². The number of nitrogens with zero attached hydrogens (tertiary/aromatic N) is 2. The highest BCUT2D eigenvalue weighted by atomic mass is 79.9. The third kappa shape index (κ3) is 4.14. The molecule has 0 aromatic rings. The smallest absolute Gasteiger partial charge is 0.312 e. The van der Waals surface area contributed by atoms with Crippen LogP contribution in [0.25, 0.3) is 0 Å². The Bertz CT molecular complexity index is 774. The number of fused-ring (bicyclic) bond motifs is 1. The van der Waals surface area contributed by atoms with E-state index in [0.29, 0.717) is 19.4 Å². The Balaban J connectivity index is 2.11. The van der Waals surface area contributed by atoms with Crippen LogP contribution < -0.4 is 0 Å². The molecular formula is C24H37BrN2O6. The van der Waals surface area contributed by atoms with Crippen LogP contribution in [-0.4, -0.2) is 87.1 Å². The summed E-state index contributed by atoms with van der Waals surface area (Å²) in [5.74, 6) is -2.59. The van der Waals surface area contributed by atoms with Gasteiger partial charge in [-0.3, -0.25) is 14.4 Å². The van der Waals surface area contributed by atoms with Crippen molar-refractivity contribution in [1.82, 2.24) is 9.80 Å². The molecule has 3 aliphatic heterocycles. The summed E-state index contributed by atoms with van der Waals surface area (Å²) in [5, 5.41) is 10.1. The summed E-state index contributed by atoms with van der Waals surface area (Å²) in [6, 6.07) is -1.52. The lowest BCUT2D eigenvalue weighted by molar-refractivity contribution is -0.156. The number of aliphatic hydroxyl groups is 1. The van der Waals surface area contributed by atoms with Gasteiger partial charge in [-0.25, -0.2) is 0 Å². The van der Waals surface area contributed by atoms with E-state index in [1.54, 1.807) is 17.9 Å². The predicted octanol–water partition coefficient (Wildman–Crippen LogP) is 2.27. The number of hydrogen-bond donors (Lipinski definition) is 1. The molecule has 1 N–H and O–H groups in total. The minimum atomic E-state index is -1.14. The molecule has 0 aromatic carbocycles. The van der Waals surface area contributed by atoms with E-state index in [1.807, 2.05) is 13.8 Å². The number of alkyl halides is 1. The van der Waals surface area contributed by atoms with Crippen molar-refractivity contribution in [3.8, 4) is 0 Å². The van der Waals surface area contributed by atoms with Crippen LogP contribution in [0.5, 0.6) is 0 Å². The number of carbonyl (C=O) groups is 3. The summed E-state index contributed by atoms with van der Waals surface area (Å²) >= 11 is 3.64. The minimum Gasteiger partial charge on any atom is -0.466 e. The Kier molecular flexibility index (Phi) is 8.28. The lowest BCUT2D eigenvalue weighted by atomic mass is 9.70. The van der Waals surface area contributed by atoms with Crippen molar-refractivity contribution in [2.75, 3.05) is 19.8 Å². The van der Waals surface area contributed by atoms with Gasteiger partial charge in [-0.2, -0.15) is 0 Å². The van der Waals surface area contributed by atoms with Crippen molar-refractivity contribution in [2.24, 2.45) is 11.8 Å². The van der Waals surface area contributed by atoms with Crippen LogP contribution in [0.4, 0.5) is 0 Å². The van der Waals surface area contributed by atoms with Crippen molar-refractivity contribution in [3.63, 3.8) is 0 Å². The summed E-state index contributed by atoms with van der Waals surface area (Å²) in [4.78, 5) is 44.1. The maximum atomic E-state index is 14.2. The molecule has 3 heterocycles. The molecule has 1 spiro atoms. The van der Waals surface area contributed by atoms with Crippen LogP contribution in [0.2, 0.25) is 0 Å². The quantitative estimate of drug-likeness (QED) is 0.251. The summed E-state index contributed by atoms with van der Waals surface area (Å²) in [5.41, 5.74) is -1.14. The SMILES string of the molecule is C=CCN(C(=O)[C@@H]1N([C@@H](CC)CO)C(=O)[C@H]2[C@H](C(=O)OCC)[C@H]3O[C@@]12CC3Br)C(C)CCC. The van der Waals surface area contributed by atoms with Gasteiger partial charge in [0.05, 0.1) is 37.2 Å². The highest BCUT2D eigenvalue weighted by Crippen LogP contribution is 2.60. The molecule has 186 valence electrons. The molecule has 0 aromatic heterocycles. The fraction of sp³-hybridized carbons (Fsp3) is 0.792. The maximum absolute atomic E-state index is 14.2. The zero-order valence-electron chi connectivity index (χ0n) is 20.0. The number of halogens is 1. The number of likely N-dealkylation sites (tertiary alicyclic amines) is 1. The highest BCUT2D eigenvalue weighted by Gasteiger charge is 2.77. The maximum Gasteiger partial charge on any atom is 0.312 e. The van der Waals surface area contributed by atoms with Gasteiger partial charge in [-0.05, 0) is 33.1 Å². The summed E-state index contributed by atoms with van der Waals surface area (Å²) in [6.45, 7) is 11.7. The number of rotatable bonds is 11. The largest absolute Gasteiger partial charge is 0.466 e. The van der Waals surface area contributed by atoms with Crippen molar-refractivity contribution < 1.29 is 29.0 Å². The molecule has 2 bridgehead atoms. The first kappa shape index (κ1) is 26.2. The molecule has 2 amide bonds. The van der Waals surface area contributed by atoms with Crippen LogP contribution in [0.3, 0.4) is 0 Å². The van der Waals surface area contributed by atoms with Gasteiger partial charge in [-0.1, -0.05) is 42.3 Å². The first-order valence-electron chi connectivity index (χ1n) is 12.1. The van der Waals surface area contributed by atoms with E-state index < -0.39 is 41.6 Å². The lowest BCUT2D eigenvalue weighted by Gasteiger charge is -2.40. The average molecular weight is 529 g/mol. The average Bonchev–Trinajstić information content (AvgIpc) is 3.37. The molecule has 33 heavy (non-hydrogen) atoms. The molecule has 0 saturated carbocycles. The van der Waals surface area contributed by atoms with E-state index in [2.05, 4.69) is 29.4 Å². The first-order valence-corrected chi connectivity index (χ1v) is 13.0. The van der Waals surface area contributed by atoms with Gasteiger partial charge >= 0.3 is 5.97 Å². The second-order valence-corrected chi connectivity index (χ2v) is 10.5. The monoisotopic (exact) mass is 528 g/mol. The van der Waals surface area contributed by atoms with Crippen molar-refractivity contribution in [1.29, 1.82) is 0 Å². The third-order valence-corrected chi connectivity index (χ3v) is 8.29. The Morgan fingerprint density at radius 2 is 2.12 bits per heavy atom. The molecular weight excluding hydrogens is 492 g/mol.